The summed E-state index contributed by atoms with van der Waals surface area (Å²) in [5.74, 6) is 0.00457. The van der Waals surface area contributed by atoms with Crippen LogP contribution >= 0.6 is 11.8 Å². The molecule has 4 nitrogen and oxygen atoms in total. The smallest absolute Gasteiger partial charge is 0.202 e. The number of rotatable bonds is 8. The molecule has 2 aromatic rings. The fraction of sp³-hybridized carbons (Fsp3) is 0.429. The van der Waals surface area contributed by atoms with Crippen LogP contribution < -0.4 is 5.06 Å². The number of aryl methyl sites for hydroxylation is 2. The zero-order valence-electron chi connectivity index (χ0n) is 16.2. The van der Waals surface area contributed by atoms with Crippen molar-refractivity contribution < 1.29 is 12.7 Å². The van der Waals surface area contributed by atoms with E-state index in [0.29, 0.717) is 6.42 Å². The van der Waals surface area contributed by atoms with Crippen LogP contribution in [0.1, 0.15) is 51.2 Å². The summed E-state index contributed by atoms with van der Waals surface area (Å²) in [5.41, 5.74) is 4.11. The highest BCUT2D eigenvalue weighted by molar-refractivity contribution is 7.99. The summed E-state index contributed by atoms with van der Waals surface area (Å²) < 4.78 is 30.6. The van der Waals surface area contributed by atoms with Crippen molar-refractivity contribution in [3.05, 3.63) is 47.5 Å². The van der Waals surface area contributed by atoms with E-state index in [9.17, 15) is 8.42 Å². The van der Waals surface area contributed by atoms with E-state index in [4.69, 9.17) is 4.28 Å². The van der Waals surface area contributed by atoms with Crippen molar-refractivity contribution in [2.75, 3.05) is 10.8 Å². The monoisotopic (exact) mass is 405 g/mol. The van der Waals surface area contributed by atoms with Crippen molar-refractivity contribution in [2.24, 2.45) is 0 Å². The van der Waals surface area contributed by atoms with Gasteiger partial charge in [0.15, 0.2) is 0 Å². The van der Waals surface area contributed by atoms with Gasteiger partial charge in [0.2, 0.25) is 0 Å². The third kappa shape index (κ3) is 4.50. The van der Waals surface area contributed by atoms with Crippen LogP contribution in [-0.4, -0.2) is 14.2 Å². The van der Waals surface area contributed by atoms with Gasteiger partial charge in [-0.05, 0) is 48.6 Å². The van der Waals surface area contributed by atoms with Gasteiger partial charge in [0.1, 0.15) is 0 Å². The summed E-state index contributed by atoms with van der Waals surface area (Å²) in [4.78, 5) is 2.11. The number of hydrogen-bond acceptors (Lipinski definition) is 5. The Bertz CT molecular complexity index is 910. The van der Waals surface area contributed by atoms with Gasteiger partial charge >= 0.3 is 0 Å². The van der Waals surface area contributed by atoms with Gasteiger partial charge < -0.3 is 0 Å². The molecule has 0 bridgehead atoms. The molecule has 0 aliphatic carbocycles. The quantitative estimate of drug-likeness (QED) is 0.550. The maximum atomic E-state index is 12.5. The van der Waals surface area contributed by atoms with E-state index < -0.39 is 10.1 Å². The van der Waals surface area contributed by atoms with E-state index in [1.54, 1.807) is 11.8 Å². The normalized spacial score (nSPS) is 13.4. The van der Waals surface area contributed by atoms with Crippen LogP contribution in [0.5, 0.6) is 0 Å². The molecule has 0 amide bonds. The summed E-state index contributed by atoms with van der Waals surface area (Å²) in [7, 11) is -3.65. The van der Waals surface area contributed by atoms with Crippen LogP contribution in [0.2, 0.25) is 0 Å². The van der Waals surface area contributed by atoms with Crippen LogP contribution in [0.15, 0.2) is 46.2 Å². The van der Waals surface area contributed by atoms with Crippen LogP contribution in [-0.2, 0) is 27.2 Å². The zero-order valence-corrected chi connectivity index (χ0v) is 17.8. The molecule has 27 heavy (non-hydrogen) atoms. The number of para-hydroxylation sites is 1. The molecule has 0 atom stereocenters. The lowest BCUT2D eigenvalue weighted by molar-refractivity contribution is 0.319. The summed E-state index contributed by atoms with van der Waals surface area (Å²) >= 11 is 1.70. The molecule has 0 fully saturated rings. The molecule has 0 unspecified atom stereocenters. The average Bonchev–Trinajstić information content (AvgIpc) is 2.62. The molecule has 0 radical (unpaired) electrons. The van der Waals surface area contributed by atoms with Gasteiger partial charge in [0.25, 0.3) is 10.1 Å². The van der Waals surface area contributed by atoms with Crippen molar-refractivity contribution in [2.45, 2.75) is 62.7 Å². The van der Waals surface area contributed by atoms with Crippen molar-refractivity contribution in [1.82, 2.24) is 0 Å². The van der Waals surface area contributed by atoms with Gasteiger partial charge in [0.05, 0.1) is 17.1 Å². The molecular formula is C21H27NO3S2. The first-order valence-electron chi connectivity index (χ1n) is 9.64. The Morgan fingerprint density at radius 3 is 2.41 bits per heavy atom. The SMILES string of the molecule is CCCc1cc(CCC)c2c(c1)N(OS(=O)(=O)CCC)c1ccccc1S2. The van der Waals surface area contributed by atoms with E-state index in [-0.39, 0.29) is 5.75 Å². The highest BCUT2D eigenvalue weighted by Crippen LogP contribution is 2.50. The molecule has 2 aromatic carbocycles. The van der Waals surface area contributed by atoms with Crippen molar-refractivity contribution in [1.29, 1.82) is 0 Å². The van der Waals surface area contributed by atoms with Gasteiger partial charge in [-0.3, -0.25) is 0 Å². The Labute approximate surface area is 167 Å². The fourth-order valence-corrected chi connectivity index (χ4v) is 5.45. The van der Waals surface area contributed by atoms with Crippen LogP contribution in [0.25, 0.3) is 0 Å². The van der Waals surface area contributed by atoms with Crippen molar-refractivity contribution >= 4 is 33.3 Å². The number of hydrogen-bond donors (Lipinski definition) is 0. The zero-order chi connectivity index (χ0) is 19.4. The molecule has 0 aromatic heterocycles. The molecule has 0 saturated carbocycles. The number of fused-ring (bicyclic) bond motifs is 2. The standard InChI is InChI=1S/C21H27NO3S2/c1-4-9-16-14-17(10-5-2)21-19(15-16)22(25-27(23,24)13-6-3)18-11-7-8-12-20(18)26-21/h7-8,11-12,14-15H,4-6,9-10,13H2,1-3H3. The first kappa shape index (κ1) is 20.2. The van der Waals surface area contributed by atoms with E-state index in [1.807, 2.05) is 31.2 Å². The lowest BCUT2D eigenvalue weighted by atomic mass is 10.0. The van der Waals surface area contributed by atoms with Gasteiger partial charge in [-0.2, -0.15) is 8.42 Å². The van der Waals surface area contributed by atoms with Gasteiger partial charge in [-0.1, -0.05) is 63.6 Å². The van der Waals surface area contributed by atoms with Gasteiger partial charge in [-0.15, -0.1) is 4.28 Å². The fourth-order valence-electron chi connectivity index (χ4n) is 3.33. The summed E-state index contributed by atoms with van der Waals surface area (Å²) in [6.07, 6.45) is 4.54. The Kier molecular flexibility index (Phi) is 6.50. The summed E-state index contributed by atoms with van der Waals surface area (Å²) in [5, 5.41) is 1.53. The van der Waals surface area contributed by atoms with Crippen LogP contribution in [0.4, 0.5) is 11.4 Å². The number of nitrogens with zero attached hydrogens (tertiary/aromatic N) is 1. The largest absolute Gasteiger partial charge is 0.288 e. The van der Waals surface area contributed by atoms with E-state index in [0.717, 1.165) is 46.8 Å². The molecular weight excluding hydrogens is 378 g/mol. The van der Waals surface area contributed by atoms with Gasteiger partial charge in [0, 0.05) is 9.79 Å². The summed E-state index contributed by atoms with van der Waals surface area (Å²) in [6, 6.07) is 12.2. The molecule has 3 rings (SSSR count). The van der Waals surface area contributed by atoms with E-state index in [2.05, 4.69) is 26.0 Å². The average molecular weight is 406 g/mol. The van der Waals surface area contributed by atoms with Gasteiger partial charge in [-0.25, -0.2) is 5.06 Å². The first-order chi connectivity index (χ1) is 13.0. The minimum Gasteiger partial charge on any atom is -0.202 e. The lowest BCUT2D eigenvalue weighted by Gasteiger charge is -2.32. The van der Waals surface area contributed by atoms with Crippen LogP contribution in [0, 0.1) is 0 Å². The van der Waals surface area contributed by atoms with Crippen molar-refractivity contribution in [3.63, 3.8) is 0 Å². The maximum absolute atomic E-state index is 12.5. The third-order valence-electron chi connectivity index (χ3n) is 4.42. The second kappa shape index (κ2) is 8.67. The molecule has 146 valence electrons. The lowest BCUT2D eigenvalue weighted by Crippen LogP contribution is -2.27. The molecule has 0 N–H and O–H groups in total. The Morgan fingerprint density at radius 1 is 0.963 bits per heavy atom. The molecule has 1 heterocycles. The third-order valence-corrected chi connectivity index (χ3v) is 6.95. The minimum atomic E-state index is -3.65. The van der Waals surface area contributed by atoms with E-state index in [1.165, 1.54) is 16.2 Å². The molecule has 6 heteroatoms. The Morgan fingerprint density at radius 2 is 1.70 bits per heavy atom. The summed E-state index contributed by atoms with van der Waals surface area (Å²) in [6.45, 7) is 6.16. The second-order valence-electron chi connectivity index (χ2n) is 6.80. The van der Waals surface area contributed by atoms with Crippen LogP contribution in [0.3, 0.4) is 0 Å². The first-order valence-corrected chi connectivity index (χ1v) is 12.0. The maximum Gasteiger partial charge on any atom is 0.288 e. The minimum absolute atomic E-state index is 0.00457. The van der Waals surface area contributed by atoms with Crippen molar-refractivity contribution in [3.8, 4) is 0 Å². The second-order valence-corrected chi connectivity index (χ2v) is 9.53. The number of benzene rings is 2. The molecule has 1 aliphatic heterocycles. The number of anilines is 2. The molecule has 0 saturated heterocycles. The topological polar surface area (TPSA) is 46.6 Å². The van der Waals surface area contributed by atoms with E-state index >= 15 is 0 Å². The molecule has 0 spiro atoms. The molecule has 1 aliphatic rings. The highest BCUT2D eigenvalue weighted by Gasteiger charge is 2.30. The Balaban J connectivity index is 2.15. The Hall–Kier alpha value is -1.50. The predicted molar refractivity (Wildman–Crippen MR) is 112 cm³/mol. The predicted octanol–water partition coefficient (Wildman–Crippen LogP) is 5.87. The highest BCUT2D eigenvalue weighted by atomic mass is 32.2.